The van der Waals surface area contributed by atoms with Gasteiger partial charge in [-0.05, 0) is 43.4 Å². The molecule has 0 atom stereocenters. The molecule has 0 bridgehead atoms. The Morgan fingerprint density at radius 2 is 1.69 bits per heavy atom. The van der Waals surface area contributed by atoms with Crippen molar-refractivity contribution in [3.8, 4) is 0 Å². The van der Waals surface area contributed by atoms with Crippen molar-refractivity contribution in [3.05, 3.63) is 63.0 Å². The van der Waals surface area contributed by atoms with Crippen molar-refractivity contribution in [2.45, 2.75) is 38.6 Å². The summed E-state index contributed by atoms with van der Waals surface area (Å²) in [6, 6.07) is 9.22. The van der Waals surface area contributed by atoms with Gasteiger partial charge in [-0.15, -0.1) is 11.3 Å². The molecule has 32 heavy (non-hydrogen) atoms. The van der Waals surface area contributed by atoms with Crippen molar-refractivity contribution in [2.75, 3.05) is 26.2 Å². The van der Waals surface area contributed by atoms with E-state index in [0.717, 1.165) is 29.5 Å². The quantitative estimate of drug-likeness (QED) is 0.613. The van der Waals surface area contributed by atoms with Crippen LogP contribution in [0.2, 0.25) is 0 Å². The number of carbonyl (C=O) groups is 2. The van der Waals surface area contributed by atoms with Gasteiger partial charge in [-0.3, -0.25) is 19.0 Å². The number of aromatic nitrogens is 2. The van der Waals surface area contributed by atoms with Crippen molar-refractivity contribution < 1.29 is 9.59 Å². The summed E-state index contributed by atoms with van der Waals surface area (Å²) in [5.74, 6) is 0.0128. The van der Waals surface area contributed by atoms with Crippen molar-refractivity contribution in [1.82, 2.24) is 19.4 Å². The molecular formula is C24H26N4O3S. The third-order valence-corrected chi connectivity index (χ3v) is 7.65. The maximum Gasteiger partial charge on any atom is 0.262 e. The zero-order valence-corrected chi connectivity index (χ0v) is 18.8. The van der Waals surface area contributed by atoms with Crippen molar-refractivity contribution >= 4 is 33.4 Å². The predicted molar refractivity (Wildman–Crippen MR) is 124 cm³/mol. The van der Waals surface area contributed by atoms with Gasteiger partial charge >= 0.3 is 0 Å². The molecule has 1 aliphatic heterocycles. The van der Waals surface area contributed by atoms with Crippen LogP contribution in [-0.2, 0) is 24.2 Å². The first-order valence-corrected chi connectivity index (χ1v) is 12.1. The maximum atomic E-state index is 13.1. The molecule has 7 nitrogen and oxygen atoms in total. The molecule has 5 rings (SSSR count). The van der Waals surface area contributed by atoms with Crippen LogP contribution in [0.5, 0.6) is 0 Å². The van der Waals surface area contributed by atoms with Gasteiger partial charge < -0.3 is 9.80 Å². The van der Waals surface area contributed by atoms with Gasteiger partial charge in [-0.25, -0.2) is 4.98 Å². The highest BCUT2D eigenvalue weighted by molar-refractivity contribution is 7.18. The largest absolute Gasteiger partial charge is 0.339 e. The lowest BCUT2D eigenvalue weighted by atomic mass is 9.97. The van der Waals surface area contributed by atoms with Crippen molar-refractivity contribution in [2.24, 2.45) is 0 Å². The van der Waals surface area contributed by atoms with Gasteiger partial charge in [-0.2, -0.15) is 0 Å². The van der Waals surface area contributed by atoms with Crippen LogP contribution >= 0.6 is 11.3 Å². The van der Waals surface area contributed by atoms with Crippen LogP contribution in [0.1, 0.15) is 40.1 Å². The molecule has 1 aromatic carbocycles. The highest BCUT2D eigenvalue weighted by Gasteiger charge is 2.25. The Balaban J connectivity index is 1.20. The summed E-state index contributed by atoms with van der Waals surface area (Å²) in [5, 5.41) is 0.757. The predicted octanol–water partition coefficient (Wildman–Crippen LogP) is 2.71. The molecule has 1 aliphatic carbocycles. The molecule has 0 radical (unpaired) electrons. The van der Waals surface area contributed by atoms with Gasteiger partial charge in [0, 0.05) is 49.6 Å². The van der Waals surface area contributed by atoms with E-state index >= 15 is 0 Å². The average Bonchev–Trinajstić information content (AvgIpc) is 3.23. The summed E-state index contributed by atoms with van der Waals surface area (Å²) in [7, 11) is 0. The van der Waals surface area contributed by atoms with Crippen LogP contribution in [0.4, 0.5) is 0 Å². The minimum Gasteiger partial charge on any atom is -0.339 e. The van der Waals surface area contributed by atoms with E-state index in [2.05, 4.69) is 4.98 Å². The van der Waals surface area contributed by atoms with E-state index in [1.807, 2.05) is 30.3 Å². The van der Waals surface area contributed by atoms with E-state index in [9.17, 15) is 14.4 Å². The Bertz CT molecular complexity index is 1210. The van der Waals surface area contributed by atoms with Crippen LogP contribution in [0.25, 0.3) is 10.2 Å². The van der Waals surface area contributed by atoms with Crippen molar-refractivity contribution in [1.29, 1.82) is 0 Å². The highest BCUT2D eigenvalue weighted by atomic mass is 32.1. The number of piperazine rings is 1. The standard InChI is InChI=1S/C24H26N4O3S/c29-20(26-12-14-27(15-13-26)23(30)17-6-2-1-3-7-17)10-11-28-16-25-22-21(24(28)31)18-8-4-5-9-19(18)32-22/h1-3,6-7,16H,4-5,8-15H2. The Hall–Kier alpha value is -3.00. The normalized spacial score (nSPS) is 16.2. The summed E-state index contributed by atoms with van der Waals surface area (Å²) in [6.07, 6.45) is 6.10. The average molecular weight is 451 g/mol. The molecule has 2 aliphatic rings. The van der Waals surface area contributed by atoms with Gasteiger partial charge in [0.1, 0.15) is 4.83 Å². The zero-order chi connectivity index (χ0) is 22.1. The van der Waals surface area contributed by atoms with Gasteiger partial charge in [0.05, 0.1) is 11.7 Å². The minimum absolute atomic E-state index is 0.00252. The molecular weight excluding hydrogens is 424 g/mol. The molecule has 3 aromatic rings. The van der Waals surface area contributed by atoms with Crippen LogP contribution in [0.3, 0.4) is 0 Å². The van der Waals surface area contributed by atoms with Crippen molar-refractivity contribution in [3.63, 3.8) is 0 Å². The monoisotopic (exact) mass is 450 g/mol. The fourth-order valence-corrected chi connectivity index (χ4v) is 5.86. The van der Waals surface area contributed by atoms with Gasteiger partial charge in [0.15, 0.2) is 0 Å². The number of carbonyl (C=O) groups excluding carboxylic acids is 2. The second kappa shape index (κ2) is 8.86. The Kier molecular flexibility index (Phi) is 5.78. The summed E-state index contributed by atoms with van der Waals surface area (Å²) >= 11 is 1.64. The first-order chi connectivity index (χ1) is 15.6. The SMILES string of the molecule is O=C(CCn1cnc2sc3c(c2c1=O)CCCC3)N1CCN(C(=O)c2ccccc2)CC1. The Morgan fingerprint density at radius 1 is 0.969 bits per heavy atom. The summed E-state index contributed by atoms with van der Waals surface area (Å²) in [6.45, 7) is 2.40. The lowest BCUT2D eigenvalue weighted by molar-refractivity contribution is -0.132. The molecule has 8 heteroatoms. The van der Waals surface area contributed by atoms with E-state index in [4.69, 9.17) is 0 Å². The fourth-order valence-electron chi connectivity index (χ4n) is 4.64. The zero-order valence-electron chi connectivity index (χ0n) is 18.0. The molecule has 2 amide bonds. The topological polar surface area (TPSA) is 75.5 Å². The second-order valence-corrected chi connectivity index (χ2v) is 9.51. The lowest BCUT2D eigenvalue weighted by Gasteiger charge is -2.35. The highest BCUT2D eigenvalue weighted by Crippen LogP contribution is 2.33. The van der Waals surface area contributed by atoms with Gasteiger partial charge in [0.2, 0.25) is 5.91 Å². The first kappa shape index (κ1) is 20.9. The molecule has 3 heterocycles. The van der Waals surface area contributed by atoms with E-state index < -0.39 is 0 Å². The number of rotatable bonds is 4. The number of nitrogens with zero attached hydrogens (tertiary/aromatic N) is 4. The molecule has 0 N–H and O–H groups in total. The van der Waals surface area contributed by atoms with Gasteiger partial charge in [0.25, 0.3) is 11.5 Å². The second-order valence-electron chi connectivity index (χ2n) is 8.42. The Labute approximate surface area is 190 Å². The first-order valence-electron chi connectivity index (χ1n) is 11.2. The summed E-state index contributed by atoms with van der Waals surface area (Å²) in [5.41, 5.74) is 1.82. The number of benzene rings is 1. The maximum absolute atomic E-state index is 13.1. The van der Waals surface area contributed by atoms with Crippen LogP contribution < -0.4 is 5.56 Å². The Morgan fingerprint density at radius 3 is 2.47 bits per heavy atom. The van der Waals surface area contributed by atoms with E-state index in [0.29, 0.717) is 38.3 Å². The molecule has 0 spiro atoms. The number of thiophene rings is 1. The number of hydrogen-bond acceptors (Lipinski definition) is 5. The molecule has 2 aromatic heterocycles. The summed E-state index contributed by atoms with van der Waals surface area (Å²) in [4.78, 5) is 48.6. The molecule has 0 saturated carbocycles. The smallest absolute Gasteiger partial charge is 0.262 e. The van der Waals surface area contributed by atoms with Crippen LogP contribution in [0.15, 0.2) is 41.5 Å². The van der Waals surface area contributed by atoms with Crippen LogP contribution in [0, 0.1) is 0 Å². The minimum atomic E-state index is -0.0273. The van der Waals surface area contributed by atoms with Gasteiger partial charge in [-0.1, -0.05) is 18.2 Å². The third-order valence-electron chi connectivity index (χ3n) is 6.45. The number of fused-ring (bicyclic) bond motifs is 3. The lowest BCUT2D eigenvalue weighted by Crippen LogP contribution is -2.50. The molecule has 1 saturated heterocycles. The molecule has 0 unspecified atom stereocenters. The van der Waals surface area contributed by atoms with Crippen LogP contribution in [-0.4, -0.2) is 57.3 Å². The summed E-state index contributed by atoms with van der Waals surface area (Å²) < 4.78 is 1.58. The number of hydrogen-bond donors (Lipinski definition) is 0. The van der Waals surface area contributed by atoms with E-state index in [-0.39, 0.29) is 23.8 Å². The van der Waals surface area contributed by atoms with E-state index in [1.54, 1.807) is 32.0 Å². The number of amides is 2. The third kappa shape index (κ3) is 3.95. The molecule has 1 fully saturated rings. The fraction of sp³-hybridized carbons (Fsp3) is 0.417. The number of aryl methyl sites for hydroxylation is 3. The molecule has 166 valence electrons. The van der Waals surface area contributed by atoms with E-state index in [1.165, 1.54) is 16.9 Å².